The maximum absolute atomic E-state index is 13.3. The molecule has 0 aliphatic heterocycles. The minimum absolute atomic E-state index is 0.0331. The summed E-state index contributed by atoms with van der Waals surface area (Å²) in [4.78, 5) is 8.09. The zero-order valence-corrected chi connectivity index (χ0v) is 11.0. The van der Waals surface area contributed by atoms with Crippen LogP contribution in [-0.2, 0) is 0 Å². The molecule has 0 saturated heterocycles. The summed E-state index contributed by atoms with van der Waals surface area (Å²) in [5.41, 5.74) is 1.40. The summed E-state index contributed by atoms with van der Waals surface area (Å²) in [5.74, 6) is -0.135. The number of hydrogen-bond acceptors (Lipinski definition) is 4. The topological polar surface area (TPSA) is 58.0 Å². The Hall–Kier alpha value is -1.72. The van der Waals surface area contributed by atoms with E-state index in [9.17, 15) is 9.50 Å². The van der Waals surface area contributed by atoms with Crippen molar-refractivity contribution in [3.8, 4) is 0 Å². The van der Waals surface area contributed by atoms with Crippen LogP contribution in [0, 0.1) is 12.7 Å². The quantitative estimate of drug-likeness (QED) is 0.905. The fourth-order valence-electron chi connectivity index (χ4n) is 1.51. The van der Waals surface area contributed by atoms with Gasteiger partial charge in [-0.3, -0.25) is 0 Å². The molecule has 6 heteroatoms. The minimum Gasteiger partial charge on any atom is -0.387 e. The molecule has 1 heterocycles. The molecule has 1 aromatic carbocycles. The molecule has 0 radical (unpaired) electrons. The van der Waals surface area contributed by atoms with Crippen molar-refractivity contribution in [2.75, 3.05) is 11.9 Å². The maximum atomic E-state index is 13.3. The predicted octanol–water partition coefficient (Wildman–Crippen LogP) is 2.72. The van der Waals surface area contributed by atoms with Crippen molar-refractivity contribution < 1.29 is 9.50 Å². The lowest BCUT2D eigenvalue weighted by Crippen LogP contribution is -2.14. The SMILES string of the molecule is Cc1cnc(NCC(O)c2ccc(Cl)c(F)c2)nc1. The fourth-order valence-corrected chi connectivity index (χ4v) is 1.63. The fraction of sp³-hybridized carbons (Fsp3) is 0.231. The van der Waals surface area contributed by atoms with Gasteiger partial charge in [0.1, 0.15) is 5.82 Å². The van der Waals surface area contributed by atoms with Crippen LogP contribution in [0.4, 0.5) is 10.3 Å². The second-order valence-electron chi connectivity index (χ2n) is 4.15. The van der Waals surface area contributed by atoms with E-state index < -0.39 is 11.9 Å². The lowest BCUT2D eigenvalue weighted by molar-refractivity contribution is 0.191. The number of benzene rings is 1. The second-order valence-corrected chi connectivity index (χ2v) is 4.56. The first kappa shape index (κ1) is 13.7. The van der Waals surface area contributed by atoms with Crippen molar-refractivity contribution >= 4 is 17.5 Å². The van der Waals surface area contributed by atoms with Crippen molar-refractivity contribution in [2.45, 2.75) is 13.0 Å². The van der Waals surface area contributed by atoms with E-state index >= 15 is 0 Å². The van der Waals surface area contributed by atoms with Crippen molar-refractivity contribution in [3.63, 3.8) is 0 Å². The molecule has 0 bridgehead atoms. The molecule has 4 nitrogen and oxygen atoms in total. The Bertz CT molecular complexity index is 562. The van der Waals surface area contributed by atoms with Gasteiger partial charge in [0, 0.05) is 18.9 Å². The van der Waals surface area contributed by atoms with Gasteiger partial charge in [0.2, 0.25) is 5.95 Å². The number of aliphatic hydroxyl groups is 1. The van der Waals surface area contributed by atoms with Crippen LogP contribution in [0.3, 0.4) is 0 Å². The molecule has 0 spiro atoms. The van der Waals surface area contributed by atoms with Crippen LogP contribution in [0.1, 0.15) is 17.2 Å². The largest absolute Gasteiger partial charge is 0.387 e. The van der Waals surface area contributed by atoms with Gasteiger partial charge in [-0.2, -0.15) is 0 Å². The molecule has 0 fully saturated rings. The van der Waals surface area contributed by atoms with Gasteiger partial charge < -0.3 is 10.4 Å². The summed E-state index contributed by atoms with van der Waals surface area (Å²) in [6, 6.07) is 4.20. The van der Waals surface area contributed by atoms with Gasteiger partial charge in [-0.25, -0.2) is 14.4 Å². The third kappa shape index (κ3) is 3.62. The van der Waals surface area contributed by atoms with E-state index in [2.05, 4.69) is 15.3 Å². The van der Waals surface area contributed by atoms with Crippen LogP contribution in [-0.4, -0.2) is 21.6 Å². The molecular formula is C13H13ClFN3O. The highest BCUT2D eigenvalue weighted by molar-refractivity contribution is 6.30. The highest BCUT2D eigenvalue weighted by Gasteiger charge is 2.10. The summed E-state index contributed by atoms with van der Waals surface area (Å²) in [6.45, 7) is 2.07. The molecule has 0 amide bonds. The van der Waals surface area contributed by atoms with Gasteiger partial charge in [-0.05, 0) is 30.2 Å². The Morgan fingerprint density at radius 3 is 2.68 bits per heavy atom. The lowest BCUT2D eigenvalue weighted by atomic mass is 10.1. The van der Waals surface area contributed by atoms with E-state index in [4.69, 9.17) is 11.6 Å². The van der Waals surface area contributed by atoms with E-state index in [1.165, 1.54) is 12.1 Å². The zero-order chi connectivity index (χ0) is 13.8. The first-order chi connectivity index (χ1) is 9.06. The van der Waals surface area contributed by atoms with Crippen molar-refractivity contribution in [1.29, 1.82) is 0 Å². The van der Waals surface area contributed by atoms with E-state index in [0.29, 0.717) is 11.5 Å². The van der Waals surface area contributed by atoms with Gasteiger partial charge in [0.25, 0.3) is 0 Å². The van der Waals surface area contributed by atoms with E-state index in [-0.39, 0.29) is 11.6 Å². The Labute approximate surface area is 115 Å². The molecule has 2 aromatic rings. The zero-order valence-electron chi connectivity index (χ0n) is 10.3. The number of halogens is 2. The van der Waals surface area contributed by atoms with Gasteiger partial charge in [-0.15, -0.1) is 0 Å². The number of aryl methyl sites for hydroxylation is 1. The monoisotopic (exact) mass is 281 g/mol. The number of nitrogens with one attached hydrogen (secondary N) is 1. The van der Waals surface area contributed by atoms with Crippen molar-refractivity contribution in [2.24, 2.45) is 0 Å². The molecule has 0 aliphatic carbocycles. The second kappa shape index (κ2) is 5.95. The maximum Gasteiger partial charge on any atom is 0.222 e. The van der Waals surface area contributed by atoms with Crippen LogP contribution in [0.5, 0.6) is 0 Å². The highest BCUT2D eigenvalue weighted by Crippen LogP contribution is 2.20. The summed E-state index contributed by atoms with van der Waals surface area (Å²) in [7, 11) is 0. The molecule has 1 aromatic heterocycles. The summed E-state index contributed by atoms with van der Waals surface area (Å²) in [6.07, 6.45) is 2.48. The molecule has 19 heavy (non-hydrogen) atoms. The molecule has 2 rings (SSSR count). The molecule has 2 N–H and O–H groups in total. The average Bonchev–Trinajstić information content (AvgIpc) is 2.41. The Balaban J connectivity index is 1.98. The first-order valence-electron chi connectivity index (χ1n) is 5.72. The number of rotatable bonds is 4. The molecule has 1 atom stereocenters. The van der Waals surface area contributed by atoms with Gasteiger partial charge in [-0.1, -0.05) is 17.7 Å². The molecule has 100 valence electrons. The van der Waals surface area contributed by atoms with E-state index in [1.807, 2.05) is 6.92 Å². The summed E-state index contributed by atoms with van der Waals surface area (Å²) in [5, 5.41) is 12.8. The number of aromatic nitrogens is 2. The Kier molecular flexibility index (Phi) is 4.29. The Morgan fingerprint density at radius 1 is 1.37 bits per heavy atom. The van der Waals surface area contributed by atoms with Gasteiger partial charge >= 0.3 is 0 Å². The summed E-state index contributed by atoms with van der Waals surface area (Å²) >= 11 is 5.58. The van der Waals surface area contributed by atoms with Gasteiger partial charge in [0.05, 0.1) is 11.1 Å². The van der Waals surface area contributed by atoms with Gasteiger partial charge in [0.15, 0.2) is 0 Å². The standard InChI is InChI=1S/C13H13ClFN3O/c1-8-5-16-13(17-6-8)18-7-12(19)9-2-3-10(14)11(15)4-9/h2-6,12,19H,7H2,1H3,(H,16,17,18). The van der Waals surface area contributed by atoms with Crippen LogP contribution in [0.2, 0.25) is 5.02 Å². The number of hydrogen-bond donors (Lipinski definition) is 2. The third-order valence-electron chi connectivity index (χ3n) is 2.56. The number of anilines is 1. The normalized spacial score (nSPS) is 12.2. The van der Waals surface area contributed by atoms with Crippen LogP contribution >= 0.6 is 11.6 Å². The highest BCUT2D eigenvalue weighted by atomic mass is 35.5. The van der Waals surface area contributed by atoms with E-state index in [1.54, 1.807) is 18.5 Å². The third-order valence-corrected chi connectivity index (χ3v) is 2.87. The van der Waals surface area contributed by atoms with Crippen LogP contribution in [0.25, 0.3) is 0 Å². The predicted molar refractivity (Wildman–Crippen MR) is 71.6 cm³/mol. The lowest BCUT2D eigenvalue weighted by Gasteiger charge is -2.12. The Morgan fingerprint density at radius 2 is 2.05 bits per heavy atom. The number of nitrogens with zero attached hydrogens (tertiary/aromatic N) is 2. The van der Waals surface area contributed by atoms with E-state index in [0.717, 1.165) is 5.56 Å². The summed E-state index contributed by atoms with van der Waals surface area (Å²) < 4.78 is 13.3. The molecule has 1 unspecified atom stereocenters. The molecule has 0 saturated carbocycles. The van der Waals surface area contributed by atoms with Crippen molar-refractivity contribution in [1.82, 2.24) is 9.97 Å². The molecule has 0 aliphatic rings. The van der Waals surface area contributed by atoms with Crippen LogP contribution < -0.4 is 5.32 Å². The average molecular weight is 282 g/mol. The van der Waals surface area contributed by atoms with Crippen LogP contribution in [0.15, 0.2) is 30.6 Å². The number of aliphatic hydroxyl groups excluding tert-OH is 1. The first-order valence-corrected chi connectivity index (χ1v) is 6.09. The van der Waals surface area contributed by atoms with Crippen molar-refractivity contribution in [3.05, 3.63) is 52.6 Å². The minimum atomic E-state index is -0.864. The smallest absolute Gasteiger partial charge is 0.222 e. The molecular weight excluding hydrogens is 269 g/mol.